The van der Waals surface area contributed by atoms with Crippen LogP contribution < -0.4 is 0 Å². The normalized spacial score (nSPS) is 9.71. The van der Waals surface area contributed by atoms with Crippen LogP contribution in [0.2, 0.25) is 0 Å². The van der Waals surface area contributed by atoms with Crippen LogP contribution in [-0.4, -0.2) is 11.3 Å². The van der Waals surface area contributed by atoms with Crippen molar-refractivity contribution in [2.45, 2.75) is 0 Å². The quantitative estimate of drug-likeness (QED) is 0.670. The topological polar surface area (TPSA) is 30.0 Å². The SMILES string of the molecule is O=Cc1cccc(-c2ccncc2)c1. The van der Waals surface area contributed by atoms with Crippen LogP contribution in [0.3, 0.4) is 0 Å². The molecule has 0 aliphatic rings. The van der Waals surface area contributed by atoms with Gasteiger partial charge in [0.2, 0.25) is 0 Å². The fourth-order valence-electron chi connectivity index (χ4n) is 1.34. The van der Waals surface area contributed by atoms with Gasteiger partial charge in [-0.15, -0.1) is 0 Å². The second-order valence-electron chi connectivity index (χ2n) is 2.98. The Balaban J connectivity index is 2.47. The molecule has 1 aromatic carbocycles. The molecule has 0 radical (unpaired) electrons. The molecule has 0 saturated heterocycles. The highest BCUT2D eigenvalue weighted by atomic mass is 16.1. The molecule has 2 aromatic rings. The zero-order valence-corrected chi connectivity index (χ0v) is 7.55. The highest BCUT2D eigenvalue weighted by Crippen LogP contribution is 2.18. The van der Waals surface area contributed by atoms with Crippen LogP contribution in [0.15, 0.2) is 48.8 Å². The van der Waals surface area contributed by atoms with Crippen molar-refractivity contribution in [2.24, 2.45) is 0 Å². The summed E-state index contributed by atoms with van der Waals surface area (Å²) in [6, 6.07) is 11.3. The predicted molar refractivity (Wildman–Crippen MR) is 55.1 cm³/mol. The van der Waals surface area contributed by atoms with Gasteiger partial charge in [-0.05, 0) is 29.3 Å². The van der Waals surface area contributed by atoms with Gasteiger partial charge in [-0.25, -0.2) is 0 Å². The van der Waals surface area contributed by atoms with Crippen molar-refractivity contribution >= 4 is 6.29 Å². The van der Waals surface area contributed by atoms with Gasteiger partial charge in [0, 0.05) is 18.0 Å². The summed E-state index contributed by atoms with van der Waals surface area (Å²) in [4.78, 5) is 14.5. The third-order valence-electron chi connectivity index (χ3n) is 2.04. The first-order valence-electron chi connectivity index (χ1n) is 4.36. The van der Waals surface area contributed by atoms with Crippen molar-refractivity contribution < 1.29 is 4.79 Å². The van der Waals surface area contributed by atoms with Crippen molar-refractivity contribution in [1.29, 1.82) is 0 Å². The molecule has 14 heavy (non-hydrogen) atoms. The standard InChI is InChI=1S/C12H9NO/c14-9-10-2-1-3-12(8-10)11-4-6-13-7-5-11/h1-9H. The van der Waals surface area contributed by atoms with Crippen LogP contribution in [0.1, 0.15) is 10.4 Å². The Morgan fingerprint density at radius 2 is 1.79 bits per heavy atom. The average molecular weight is 183 g/mol. The molecule has 0 saturated carbocycles. The van der Waals surface area contributed by atoms with E-state index in [2.05, 4.69) is 4.98 Å². The van der Waals surface area contributed by atoms with E-state index < -0.39 is 0 Å². The lowest BCUT2D eigenvalue weighted by molar-refractivity contribution is 0.112. The number of aldehydes is 1. The largest absolute Gasteiger partial charge is 0.298 e. The molecule has 0 aliphatic carbocycles. The number of carbonyl (C=O) groups excluding carboxylic acids is 1. The van der Waals surface area contributed by atoms with Crippen molar-refractivity contribution in [2.75, 3.05) is 0 Å². The van der Waals surface area contributed by atoms with E-state index in [0.717, 1.165) is 17.4 Å². The number of rotatable bonds is 2. The van der Waals surface area contributed by atoms with Gasteiger partial charge in [0.25, 0.3) is 0 Å². The number of nitrogens with zero attached hydrogens (tertiary/aromatic N) is 1. The summed E-state index contributed by atoms with van der Waals surface area (Å²) in [5.74, 6) is 0. The van der Waals surface area contributed by atoms with Gasteiger partial charge in [-0.3, -0.25) is 9.78 Å². The summed E-state index contributed by atoms with van der Waals surface area (Å²) >= 11 is 0. The van der Waals surface area contributed by atoms with Crippen molar-refractivity contribution in [3.63, 3.8) is 0 Å². The first-order valence-corrected chi connectivity index (χ1v) is 4.36. The van der Waals surface area contributed by atoms with Crippen LogP contribution in [0.25, 0.3) is 11.1 Å². The lowest BCUT2D eigenvalue weighted by Crippen LogP contribution is -1.82. The zero-order valence-electron chi connectivity index (χ0n) is 7.55. The van der Waals surface area contributed by atoms with Gasteiger partial charge in [-0.2, -0.15) is 0 Å². The van der Waals surface area contributed by atoms with E-state index in [0.29, 0.717) is 5.56 Å². The van der Waals surface area contributed by atoms with Crippen LogP contribution in [0.5, 0.6) is 0 Å². The second kappa shape index (κ2) is 3.83. The first kappa shape index (κ1) is 8.63. The van der Waals surface area contributed by atoms with Crippen molar-refractivity contribution in [3.05, 3.63) is 54.4 Å². The molecule has 2 heteroatoms. The Kier molecular flexibility index (Phi) is 2.36. The molecule has 2 rings (SSSR count). The summed E-state index contributed by atoms with van der Waals surface area (Å²) in [5, 5.41) is 0. The minimum absolute atomic E-state index is 0.694. The summed E-state index contributed by atoms with van der Waals surface area (Å²) in [6.45, 7) is 0. The minimum Gasteiger partial charge on any atom is -0.298 e. The molecule has 2 nitrogen and oxygen atoms in total. The van der Waals surface area contributed by atoms with Crippen LogP contribution in [0, 0.1) is 0 Å². The minimum atomic E-state index is 0.694. The second-order valence-corrected chi connectivity index (χ2v) is 2.98. The van der Waals surface area contributed by atoms with Gasteiger partial charge < -0.3 is 0 Å². The Morgan fingerprint density at radius 3 is 2.50 bits per heavy atom. The molecule has 0 N–H and O–H groups in total. The fourth-order valence-corrected chi connectivity index (χ4v) is 1.34. The van der Waals surface area contributed by atoms with Crippen LogP contribution >= 0.6 is 0 Å². The van der Waals surface area contributed by atoms with Crippen LogP contribution in [0.4, 0.5) is 0 Å². The highest BCUT2D eigenvalue weighted by molar-refractivity contribution is 5.78. The van der Waals surface area contributed by atoms with Crippen molar-refractivity contribution in [1.82, 2.24) is 4.98 Å². The van der Waals surface area contributed by atoms with E-state index in [1.165, 1.54) is 0 Å². The van der Waals surface area contributed by atoms with Gasteiger partial charge in [-0.1, -0.05) is 18.2 Å². The maximum atomic E-state index is 10.6. The lowest BCUT2D eigenvalue weighted by atomic mass is 10.1. The fraction of sp³-hybridized carbons (Fsp3) is 0. The Morgan fingerprint density at radius 1 is 1.00 bits per heavy atom. The van der Waals surface area contributed by atoms with E-state index in [1.54, 1.807) is 18.5 Å². The monoisotopic (exact) mass is 183 g/mol. The Labute approximate surface area is 82.2 Å². The molecule has 0 unspecified atom stereocenters. The molecule has 1 aromatic heterocycles. The zero-order chi connectivity index (χ0) is 9.80. The Hall–Kier alpha value is -1.96. The highest BCUT2D eigenvalue weighted by Gasteiger charge is 1.97. The molecule has 0 atom stereocenters. The smallest absolute Gasteiger partial charge is 0.150 e. The molecule has 68 valence electrons. The van der Waals surface area contributed by atoms with Gasteiger partial charge in [0.05, 0.1) is 0 Å². The van der Waals surface area contributed by atoms with Gasteiger partial charge in [0.1, 0.15) is 6.29 Å². The summed E-state index contributed by atoms with van der Waals surface area (Å²) in [6.07, 6.45) is 4.33. The summed E-state index contributed by atoms with van der Waals surface area (Å²) < 4.78 is 0. The average Bonchev–Trinajstić information content (AvgIpc) is 2.30. The number of aromatic nitrogens is 1. The molecular weight excluding hydrogens is 174 g/mol. The molecule has 0 aliphatic heterocycles. The molecule has 1 heterocycles. The lowest BCUT2D eigenvalue weighted by Gasteiger charge is -2.00. The van der Waals surface area contributed by atoms with Crippen molar-refractivity contribution in [3.8, 4) is 11.1 Å². The van der Waals surface area contributed by atoms with E-state index in [1.807, 2.05) is 30.3 Å². The summed E-state index contributed by atoms with van der Waals surface area (Å²) in [7, 11) is 0. The first-order chi connectivity index (χ1) is 6.90. The van der Waals surface area contributed by atoms with Gasteiger partial charge in [0.15, 0.2) is 0 Å². The van der Waals surface area contributed by atoms with E-state index in [9.17, 15) is 4.79 Å². The maximum Gasteiger partial charge on any atom is 0.150 e. The number of pyridine rings is 1. The maximum absolute atomic E-state index is 10.6. The predicted octanol–water partition coefficient (Wildman–Crippen LogP) is 2.56. The van der Waals surface area contributed by atoms with Crippen LogP contribution in [-0.2, 0) is 0 Å². The van der Waals surface area contributed by atoms with E-state index in [-0.39, 0.29) is 0 Å². The summed E-state index contributed by atoms with van der Waals surface area (Å²) in [5.41, 5.74) is 2.81. The van der Waals surface area contributed by atoms with E-state index >= 15 is 0 Å². The van der Waals surface area contributed by atoms with Gasteiger partial charge >= 0.3 is 0 Å². The molecular formula is C12H9NO. The number of benzene rings is 1. The molecule has 0 spiro atoms. The number of carbonyl (C=O) groups is 1. The number of hydrogen-bond donors (Lipinski definition) is 0. The van der Waals surface area contributed by atoms with E-state index in [4.69, 9.17) is 0 Å². The molecule has 0 bridgehead atoms. The number of hydrogen-bond acceptors (Lipinski definition) is 2. The molecule has 0 amide bonds. The Bertz CT molecular complexity index is 437. The molecule has 0 fully saturated rings. The third kappa shape index (κ3) is 1.69. The third-order valence-corrected chi connectivity index (χ3v) is 2.04.